The molecule has 1 heterocycles. The van der Waals surface area contributed by atoms with Crippen LogP contribution in [0.4, 0.5) is 0 Å². The molecule has 8 rings (SSSR count). The second kappa shape index (κ2) is 4.71. The number of hydrogen-bond acceptors (Lipinski definition) is 4. The smallest absolute Gasteiger partial charge is 0.161 e. The number of ether oxygens (including phenoxy) is 3. The number of Topliss-reactive ketones (excluding diaryl/α,β-unsaturated/α-hetero) is 1. The molecule has 4 nitrogen and oxygen atoms in total. The van der Waals surface area contributed by atoms with Gasteiger partial charge in [-0.25, -0.2) is 0 Å². The number of carbonyl (C=O) groups is 1. The van der Waals surface area contributed by atoms with E-state index in [-0.39, 0.29) is 29.8 Å². The summed E-state index contributed by atoms with van der Waals surface area (Å²) >= 11 is 0. The summed E-state index contributed by atoms with van der Waals surface area (Å²) in [5, 5.41) is 0. The Morgan fingerprint density at radius 3 is 2.62 bits per heavy atom. The van der Waals surface area contributed by atoms with Gasteiger partial charge in [0.15, 0.2) is 6.29 Å². The third-order valence-electron chi connectivity index (χ3n) is 10.5. The van der Waals surface area contributed by atoms with Crippen LogP contribution in [0.5, 0.6) is 0 Å². The number of methoxy groups -OCH3 is 2. The standard InChI is InChI=1S/C25H26O4/c1-27-23(28-2)20-14-9-12(8-13(14)11-6-4-3-5-7-11)25-19-16-10-15-17(21(16)29-25)22(26)24(20,25)18(15)19/h3-8,12,14-21,23H,9-10H2,1-2H3/t12-,14-,15-,16-,17-,18+,19-,20-,21+,24+,25-/m0/s1. The number of carbonyl (C=O) groups excluding carboxylic acids is 1. The van der Waals surface area contributed by atoms with Gasteiger partial charge in [-0.05, 0) is 53.6 Å². The third kappa shape index (κ3) is 1.30. The van der Waals surface area contributed by atoms with E-state index in [1.807, 2.05) is 0 Å². The number of ketones is 1. The van der Waals surface area contributed by atoms with Gasteiger partial charge in [-0.2, -0.15) is 0 Å². The maximum absolute atomic E-state index is 14.1. The molecule has 2 spiro atoms. The second-order valence-electron chi connectivity index (χ2n) is 10.6. The van der Waals surface area contributed by atoms with Crippen LogP contribution in [0.2, 0.25) is 0 Å². The predicted molar refractivity (Wildman–Crippen MR) is 104 cm³/mol. The molecule has 6 fully saturated rings. The van der Waals surface area contributed by atoms with Crippen molar-refractivity contribution in [2.24, 2.45) is 52.8 Å². The molecule has 5 saturated carbocycles. The van der Waals surface area contributed by atoms with Gasteiger partial charge in [-0.1, -0.05) is 36.4 Å². The van der Waals surface area contributed by atoms with Crippen molar-refractivity contribution in [3.05, 3.63) is 42.0 Å². The van der Waals surface area contributed by atoms with Crippen molar-refractivity contribution in [3.8, 4) is 0 Å². The lowest BCUT2D eigenvalue weighted by Crippen LogP contribution is -2.79. The number of allylic oxidation sites excluding steroid dienone is 1. The van der Waals surface area contributed by atoms with Gasteiger partial charge in [-0.3, -0.25) is 4.79 Å². The van der Waals surface area contributed by atoms with Crippen molar-refractivity contribution in [2.45, 2.75) is 30.8 Å². The van der Waals surface area contributed by atoms with Crippen LogP contribution in [0.3, 0.4) is 0 Å². The fourth-order valence-corrected chi connectivity index (χ4v) is 10.3. The molecule has 0 amide bonds. The monoisotopic (exact) mass is 390 g/mol. The van der Waals surface area contributed by atoms with Gasteiger partial charge in [0.25, 0.3) is 0 Å². The average molecular weight is 390 g/mol. The first-order chi connectivity index (χ1) is 14.2. The number of rotatable bonds is 4. The van der Waals surface area contributed by atoms with Gasteiger partial charge in [0.05, 0.1) is 17.1 Å². The van der Waals surface area contributed by atoms with Gasteiger partial charge in [0.1, 0.15) is 5.78 Å². The van der Waals surface area contributed by atoms with Gasteiger partial charge >= 0.3 is 0 Å². The number of fused-ring (bicyclic) bond motifs is 3. The third-order valence-corrected chi connectivity index (χ3v) is 10.5. The van der Waals surface area contributed by atoms with Gasteiger partial charge in [0.2, 0.25) is 0 Å². The van der Waals surface area contributed by atoms with Crippen molar-refractivity contribution >= 4 is 11.4 Å². The largest absolute Gasteiger partial charge is 0.369 e. The molecule has 1 aliphatic heterocycles. The quantitative estimate of drug-likeness (QED) is 0.741. The molecule has 4 bridgehead atoms. The molecule has 1 saturated heterocycles. The Balaban J connectivity index is 1.39. The van der Waals surface area contributed by atoms with Crippen LogP contribution in [-0.4, -0.2) is 38.0 Å². The first kappa shape index (κ1) is 16.2. The summed E-state index contributed by atoms with van der Waals surface area (Å²) in [6.07, 6.45) is 4.58. The fourth-order valence-electron chi connectivity index (χ4n) is 10.3. The van der Waals surface area contributed by atoms with Crippen LogP contribution >= 0.6 is 0 Å². The maximum Gasteiger partial charge on any atom is 0.161 e. The van der Waals surface area contributed by atoms with Crippen LogP contribution in [0, 0.1) is 52.8 Å². The van der Waals surface area contributed by atoms with E-state index < -0.39 is 5.41 Å². The highest BCUT2D eigenvalue weighted by atomic mass is 16.7. The predicted octanol–water partition coefficient (Wildman–Crippen LogP) is 3.17. The molecule has 0 unspecified atom stereocenters. The maximum atomic E-state index is 14.1. The lowest BCUT2D eigenvalue weighted by Gasteiger charge is -2.70. The molecule has 0 radical (unpaired) electrons. The number of hydrogen-bond donors (Lipinski definition) is 0. The molecule has 1 aromatic carbocycles. The van der Waals surface area contributed by atoms with Gasteiger partial charge in [0, 0.05) is 32.0 Å². The summed E-state index contributed by atoms with van der Waals surface area (Å²) in [4.78, 5) is 14.1. The summed E-state index contributed by atoms with van der Waals surface area (Å²) in [6.45, 7) is 0. The van der Waals surface area contributed by atoms with E-state index in [0.717, 1.165) is 6.42 Å². The van der Waals surface area contributed by atoms with Crippen LogP contribution < -0.4 is 0 Å². The second-order valence-corrected chi connectivity index (χ2v) is 10.6. The molecule has 11 atom stereocenters. The zero-order valence-corrected chi connectivity index (χ0v) is 16.8. The molecule has 0 aromatic heterocycles. The zero-order chi connectivity index (χ0) is 19.3. The Labute approximate surface area is 170 Å². The van der Waals surface area contributed by atoms with E-state index >= 15 is 0 Å². The highest BCUT2D eigenvalue weighted by molar-refractivity contribution is 5.98. The lowest BCUT2D eigenvalue weighted by atomic mass is 9.34. The Kier molecular flexibility index (Phi) is 2.64. The lowest BCUT2D eigenvalue weighted by molar-refractivity contribution is -0.324. The minimum absolute atomic E-state index is 0.0433. The Hall–Kier alpha value is -1.49. The van der Waals surface area contributed by atoms with Crippen LogP contribution in [0.15, 0.2) is 36.4 Å². The van der Waals surface area contributed by atoms with Crippen molar-refractivity contribution in [1.29, 1.82) is 0 Å². The SMILES string of the molecule is COC(OC)[C@@H]1[C@H]2C[C@H](C=C2c2ccccc2)[C@@]23O[C@@H]4[C@H]5C[C@H]6[C@@H]4C(=O)[C@@]12[C@H]6[C@H]53. The molecular formula is C25H26O4. The average Bonchev–Trinajstić information content (AvgIpc) is 3.42. The summed E-state index contributed by atoms with van der Waals surface area (Å²) in [5.74, 6) is 3.59. The topological polar surface area (TPSA) is 44.8 Å². The van der Waals surface area contributed by atoms with Crippen molar-refractivity contribution in [2.75, 3.05) is 14.2 Å². The molecule has 7 aliphatic rings. The molecule has 0 N–H and O–H groups in total. The Bertz CT molecular complexity index is 982. The first-order valence-electron chi connectivity index (χ1n) is 11.2. The molecule has 1 aromatic rings. The fraction of sp³-hybridized carbons (Fsp3) is 0.640. The van der Waals surface area contributed by atoms with E-state index in [1.165, 1.54) is 17.6 Å². The first-order valence-corrected chi connectivity index (χ1v) is 11.2. The molecular weight excluding hydrogens is 364 g/mol. The molecule has 6 aliphatic carbocycles. The zero-order valence-electron chi connectivity index (χ0n) is 16.8. The van der Waals surface area contributed by atoms with E-state index in [0.29, 0.717) is 41.3 Å². The minimum Gasteiger partial charge on any atom is -0.369 e. The normalized spacial score (nSPS) is 56.3. The van der Waals surface area contributed by atoms with Crippen molar-refractivity contribution in [1.82, 2.24) is 0 Å². The highest BCUT2D eigenvalue weighted by Gasteiger charge is 2.98. The number of benzene rings is 1. The van der Waals surface area contributed by atoms with Crippen LogP contribution in [0.25, 0.3) is 5.57 Å². The van der Waals surface area contributed by atoms with Crippen LogP contribution in [-0.2, 0) is 19.0 Å². The molecule has 4 heteroatoms. The van der Waals surface area contributed by atoms with E-state index in [2.05, 4.69) is 36.4 Å². The summed E-state index contributed by atoms with van der Waals surface area (Å²) < 4.78 is 18.9. The van der Waals surface area contributed by atoms with Crippen LogP contribution in [0.1, 0.15) is 18.4 Å². The van der Waals surface area contributed by atoms with E-state index in [1.54, 1.807) is 14.2 Å². The van der Waals surface area contributed by atoms with E-state index in [4.69, 9.17) is 14.2 Å². The Morgan fingerprint density at radius 2 is 1.86 bits per heavy atom. The Morgan fingerprint density at radius 1 is 1.07 bits per heavy atom. The molecule has 150 valence electrons. The van der Waals surface area contributed by atoms with Crippen molar-refractivity contribution < 1.29 is 19.0 Å². The summed E-state index contributed by atoms with van der Waals surface area (Å²) in [7, 11) is 3.47. The van der Waals surface area contributed by atoms with Gasteiger partial charge < -0.3 is 14.2 Å². The van der Waals surface area contributed by atoms with Gasteiger partial charge in [-0.15, -0.1) is 0 Å². The highest BCUT2D eigenvalue weighted by Crippen LogP contribution is 2.91. The molecule has 29 heavy (non-hydrogen) atoms. The van der Waals surface area contributed by atoms with Crippen molar-refractivity contribution in [3.63, 3.8) is 0 Å². The minimum atomic E-state index is -0.397. The van der Waals surface area contributed by atoms with E-state index in [9.17, 15) is 4.79 Å². The summed E-state index contributed by atoms with van der Waals surface area (Å²) in [5.41, 5.74) is 1.97. The summed E-state index contributed by atoms with van der Waals surface area (Å²) in [6, 6.07) is 10.7.